The lowest BCUT2D eigenvalue weighted by molar-refractivity contribution is 0.0875. The first-order valence-corrected chi connectivity index (χ1v) is 6.12. The number of nitrogen functional groups attached to an aromatic ring is 1. The van der Waals surface area contributed by atoms with Crippen LogP contribution in [0.15, 0.2) is 6.07 Å². The van der Waals surface area contributed by atoms with Gasteiger partial charge in [0, 0.05) is 18.9 Å². The minimum atomic E-state index is -0.0519. The maximum Gasteiger partial charge on any atom is 0.159 e. The molecule has 5 heteroatoms. The summed E-state index contributed by atoms with van der Waals surface area (Å²) in [5, 5.41) is 0. The van der Waals surface area contributed by atoms with E-state index in [-0.39, 0.29) is 6.10 Å². The molecule has 5 nitrogen and oxygen atoms in total. The molecular weight excluding hydrogens is 216 g/mol. The summed E-state index contributed by atoms with van der Waals surface area (Å²) in [4.78, 5) is 8.88. The molecule has 0 saturated carbocycles. The van der Waals surface area contributed by atoms with Gasteiger partial charge < -0.3 is 10.2 Å². The van der Waals surface area contributed by atoms with E-state index in [0.29, 0.717) is 11.6 Å². The van der Waals surface area contributed by atoms with Gasteiger partial charge in [-0.15, -0.1) is 0 Å². The highest BCUT2D eigenvalue weighted by Crippen LogP contribution is 2.20. The first kappa shape index (κ1) is 13.9. The number of rotatable bonds is 7. The third-order valence-electron chi connectivity index (χ3n) is 2.57. The van der Waals surface area contributed by atoms with Crippen molar-refractivity contribution in [2.24, 2.45) is 5.84 Å². The number of nitrogens with zero attached hydrogens (tertiary/aromatic N) is 2. The Morgan fingerprint density at radius 1 is 1.35 bits per heavy atom. The summed E-state index contributed by atoms with van der Waals surface area (Å²) in [7, 11) is 1.69. The fourth-order valence-corrected chi connectivity index (χ4v) is 1.73. The van der Waals surface area contributed by atoms with Crippen LogP contribution in [0.2, 0.25) is 0 Å². The van der Waals surface area contributed by atoms with E-state index in [1.807, 2.05) is 6.07 Å². The molecule has 0 aliphatic heterocycles. The van der Waals surface area contributed by atoms with Crippen LogP contribution in [0.3, 0.4) is 0 Å². The number of nitrogens with two attached hydrogens (primary N) is 1. The van der Waals surface area contributed by atoms with E-state index >= 15 is 0 Å². The van der Waals surface area contributed by atoms with Crippen LogP contribution in [0, 0.1) is 0 Å². The average molecular weight is 238 g/mol. The molecule has 3 N–H and O–H groups in total. The molecule has 0 aliphatic carbocycles. The van der Waals surface area contributed by atoms with Gasteiger partial charge in [0.1, 0.15) is 11.9 Å². The maximum absolute atomic E-state index is 5.42. The lowest BCUT2D eigenvalue weighted by Gasteiger charge is -2.15. The smallest absolute Gasteiger partial charge is 0.159 e. The van der Waals surface area contributed by atoms with Gasteiger partial charge in [-0.25, -0.2) is 15.8 Å². The number of ether oxygens (including phenoxy) is 1. The second kappa shape index (κ2) is 7.19. The number of aryl methyl sites for hydroxylation is 1. The summed E-state index contributed by atoms with van der Waals surface area (Å²) in [6.45, 7) is 4.24. The van der Waals surface area contributed by atoms with Crippen LogP contribution < -0.4 is 11.3 Å². The molecule has 1 aromatic rings. The molecule has 1 aromatic heterocycles. The van der Waals surface area contributed by atoms with E-state index in [1.165, 1.54) is 0 Å². The average Bonchev–Trinajstić information content (AvgIpc) is 2.35. The Balaban J connectivity index is 2.99. The number of hydrogen-bond donors (Lipinski definition) is 2. The quantitative estimate of drug-likeness (QED) is 0.563. The van der Waals surface area contributed by atoms with Gasteiger partial charge in [-0.2, -0.15) is 0 Å². The number of hydrazine groups is 1. The summed E-state index contributed by atoms with van der Waals surface area (Å²) in [6, 6.07) is 1.88. The fourth-order valence-electron chi connectivity index (χ4n) is 1.73. The minimum Gasteiger partial charge on any atom is -0.373 e. The molecular formula is C12H22N4O. The Hall–Kier alpha value is -1.20. The van der Waals surface area contributed by atoms with Crippen LogP contribution in [-0.4, -0.2) is 17.1 Å². The van der Waals surface area contributed by atoms with E-state index < -0.39 is 0 Å². The van der Waals surface area contributed by atoms with E-state index in [9.17, 15) is 0 Å². The number of methoxy groups -OCH3 is 1. The molecule has 0 amide bonds. The third-order valence-corrected chi connectivity index (χ3v) is 2.57. The van der Waals surface area contributed by atoms with Crippen molar-refractivity contribution in [1.82, 2.24) is 9.97 Å². The van der Waals surface area contributed by atoms with Crippen LogP contribution in [0.1, 0.15) is 50.7 Å². The summed E-state index contributed by atoms with van der Waals surface area (Å²) in [6.07, 6.45) is 3.86. The second-order valence-electron chi connectivity index (χ2n) is 4.01. The molecule has 1 heterocycles. The normalized spacial score (nSPS) is 12.5. The van der Waals surface area contributed by atoms with Crippen molar-refractivity contribution in [3.05, 3.63) is 17.6 Å². The number of nitrogens with one attached hydrogen (secondary N) is 1. The number of aromatic nitrogens is 2. The zero-order chi connectivity index (χ0) is 12.7. The first-order chi connectivity index (χ1) is 8.24. The molecule has 0 fully saturated rings. The van der Waals surface area contributed by atoms with E-state index in [0.717, 1.165) is 31.4 Å². The third kappa shape index (κ3) is 3.94. The zero-order valence-electron chi connectivity index (χ0n) is 10.9. The van der Waals surface area contributed by atoms with Crippen LogP contribution >= 0.6 is 0 Å². The Morgan fingerprint density at radius 3 is 2.65 bits per heavy atom. The Kier molecular flexibility index (Phi) is 5.86. The molecule has 96 valence electrons. The van der Waals surface area contributed by atoms with Gasteiger partial charge in [0.2, 0.25) is 0 Å². The topological polar surface area (TPSA) is 73.1 Å². The van der Waals surface area contributed by atoms with Gasteiger partial charge in [-0.05, 0) is 12.8 Å². The molecule has 0 aliphatic rings. The summed E-state index contributed by atoms with van der Waals surface area (Å²) in [5.74, 6) is 6.78. The number of hydrogen-bond acceptors (Lipinski definition) is 5. The molecule has 1 rings (SSSR count). The van der Waals surface area contributed by atoms with Crippen molar-refractivity contribution in [2.75, 3.05) is 12.5 Å². The van der Waals surface area contributed by atoms with Crippen LogP contribution in [0.4, 0.5) is 5.82 Å². The molecule has 0 aromatic carbocycles. The van der Waals surface area contributed by atoms with Crippen molar-refractivity contribution >= 4 is 5.82 Å². The van der Waals surface area contributed by atoms with E-state index in [1.54, 1.807) is 7.11 Å². The van der Waals surface area contributed by atoms with Crippen molar-refractivity contribution in [3.8, 4) is 0 Å². The second-order valence-corrected chi connectivity index (χ2v) is 4.01. The van der Waals surface area contributed by atoms with Crippen molar-refractivity contribution in [3.63, 3.8) is 0 Å². The monoisotopic (exact) mass is 238 g/mol. The summed E-state index contributed by atoms with van der Waals surface area (Å²) in [5.41, 5.74) is 3.58. The molecule has 17 heavy (non-hydrogen) atoms. The molecule has 1 atom stereocenters. The lowest BCUT2D eigenvalue weighted by atomic mass is 10.2. The molecule has 0 spiro atoms. The Labute approximate surface area is 103 Å². The standard InChI is InChI=1S/C12H22N4O/c1-4-6-9-8-11(16-13)15-12(14-9)10(17-3)7-5-2/h8,10H,4-7,13H2,1-3H3,(H,14,15,16). The molecule has 1 unspecified atom stereocenters. The fraction of sp³-hybridized carbons (Fsp3) is 0.667. The SMILES string of the molecule is CCCc1cc(NN)nc(C(CCC)OC)n1. The Bertz CT molecular complexity index is 343. The summed E-state index contributed by atoms with van der Waals surface area (Å²) < 4.78 is 5.42. The van der Waals surface area contributed by atoms with Crippen molar-refractivity contribution < 1.29 is 4.74 Å². The van der Waals surface area contributed by atoms with Gasteiger partial charge in [0.15, 0.2) is 5.82 Å². The maximum atomic E-state index is 5.42. The van der Waals surface area contributed by atoms with Gasteiger partial charge in [0.05, 0.1) is 0 Å². The first-order valence-electron chi connectivity index (χ1n) is 6.12. The lowest BCUT2D eigenvalue weighted by Crippen LogP contribution is -2.14. The highest BCUT2D eigenvalue weighted by Gasteiger charge is 2.14. The summed E-state index contributed by atoms with van der Waals surface area (Å²) >= 11 is 0. The molecule has 0 radical (unpaired) electrons. The van der Waals surface area contributed by atoms with Gasteiger partial charge in [0.25, 0.3) is 0 Å². The zero-order valence-corrected chi connectivity index (χ0v) is 10.9. The molecule has 0 bridgehead atoms. The van der Waals surface area contributed by atoms with Gasteiger partial charge in [-0.1, -0.05) is 26.7 Å². The van der Waals surface area contributed by atoms with E-state index in [4.69, 9.17) is 10.6 Å². The minimum absolute atomic E-state index is 0.0519. The van der Waals surface area contributed by atoms with Crippen LogP contribution in [0.25, 0.3) is 0 Å². The predicted octanol–water partition coefficient (Wildman–Crippen LogP) is 2.20. The number of anilines is 1. The molecule has 0 saturated heterocycles. The largest absolute Gasteiger partial charge is 0.373 e. The van der Waals surface area contributed by atoms with Crippen LogP contribution in [-0.2, 0) is 11.2 Å². The van der Waals surface area contributed by atoms with Crippen molar-refractivity contribution in [2.45, 2.75) is 45.6 Å². The van der Waals surface area contributed by atoms with Gasteiger partial charge >= 0.3 is 0 Å². The van der Waals surface area contributed by atoms with Crippen molar-refractivity contribution in [1.29, 1.82) is 0 Å². The highest BCUT2D eigenvalue weighted by molar-refractivity contribution is 5.34. The van der Waals surface area contributed by atoms with Crippen LogP contribution in [0.5, 0.6) is 0 Å². The highest BCUT2D eigenvalue weighted by atomic mass is 16.5. The Morgan fingerprint density at radius 2 is 2.12 bits per heavy atom. The van der Waals surface area contributed by atoms with E-state index in [2.05, 4.69) is 29.2 Å². The predicted molar refractivity (Wildman–Crippen MR) is 68.5 cm³/mol. The van der Waals surface area contributed by atoms with Gasteiger partial charge in [-0.3, -0.25) is 0 Å².